The summed E-state index contributed by atoms with van der Waals surface area (Å²) in [5.74, 6) is -0.411. The van der Waals surface area contributed by atoms with Crippen LogP contribution in [0.1, 0.15) is 5.56 Å². The van der Waals surface area contributed by atoms with E-state index in [9.17, 15) is 14.3 Å². The summed E-state index contributed by atoms with van der Waals surface area (Å²) in [4.78, 5) is 11.1. The molecule has 0 spiro atoms. The van der Waals surface area contributed by atoms with Crippen LogP contribution in [0, 0.1) is 5.82 Å². The Balaban J connectivity index is 1.93. The molecule has 0 saturated carbocycles. The van der Waals surface area contributed by atoms with Gasteiger partial charge in [-0.2, -0.15) is 0 Å². The van der Waals surface area contributed by atoms with Crippen LogP contribution in [-0.4, -0.2) is 24.0 Å². The van der Waals surface area contributed by atoms with Crippen molar-refractivity contribution in [1.82, 2.24) is 0 Å². The van der Waals surface area contributed by atoms with Gasteiger partial charge >= 0.3 is 5.97 Å². The molecule has 0 fully saturated rings. The molecule has 0 saturated heterocycles. The zero-order valence-corrected chi connectivity index (χ0v) is 14.7. The van der Waals surface area contributed by atoms with Crippen molar-refractivity contribution in [2.75, 3.05) is 6.61 Å². The number of aliphatic hydroxyl groups is 1. The summed E-state index contributed by atoms with van der Waals surface area (Å²) in [7, 11) is 0. The monoisotopic (exact) mass is 366 g/mol. The highest BCUT2D eigenvalue weighted by molar-refractivity contribution is 6.08. The molecular weight excluding hydrogens is 347 g/mol. The molecule has 0 aliphatic heterocycles. The quantitative estimate of drug-likeness (QED) is 0.223. The van der Waals surface area contributed by atoms with E-state index in [0.29, 0.717) is 22.9 Å². The lowest BCUT2D eigenvalue weighted by Crippen LogP contribution is -2.11. The number of aliphatic hydroxyl groups excluding tert-OH is 1. The first kappa shape index (κ1) is 18.6. The van der Waals surface area contributed by atoms with Crippen LogP contribution in [0.3, 0.4) is 0 Å². The summed E-state index contributed by atoms with van der Waals surface area (Å²) < 4.78 is 24.9. The molecule has 3 aromatic carbocycles. The number of hydrogen-bond donors (Lipinski definition) is 1. The molecule has 3 rings (SSSR count). The number of hydrogen-bond acceptors (Lipinski definition) is 4. The molecule has 5 heteroatoms. The Labute approximate surface area is 156 Å². The molecule has 0 bridgehead atoms. The molecule has 0 aromatic heterocycles. The van der Waals surface area contributed by atoms with Gasteiger partial charge in [0.25, 0.3) is 0 Å². The van der Waals surface area contributed by atoms with Crippen LogP contribution in [0.5, 0.6) is 5.75 Å². The van der Waals surface area contributed by atoms with Gasteiger partial charge in [0.15, 0.2) is 0 Å². The minimum Gasteiger partial charge on any atom is -0.462 e. The number of carbonyl (C=O) groups excluding carboxylic acids is 1. The van der Waals surface area contributed by atoms with Crippen LogP contribution in [0.2, 0.25) is 0 Å². The standard InChI is InChI=1S/C22H19FO4/c1-3-21(24)26-10-9-14-5-7-18-17-8-6-16(27-22(25)4-2)12-15(17)13-20(23)19(18)11-14/h3-8,11-13,22,25H,1-2,9-10H2. The molecule has 1 N–H and O–H groups in total. The van der Waals surface area contributed by atoms with Crippen molar-refractivity contribution in [1.29, 1.82) is 0 Å². The SMILES string of the molecule is C=CC(=O)OCCc1ccc2c(c1)c(F)cc1cc(OC(O)C=C)ccc12. The Kier molecular flexibility index (Phi) is 5.52. The first-order chi connectivity index (χ1) is 13.0. The van der Waals surface area contributed by atoms with Gasteiger partial charge in [-0.15, -0.1) is 0 Å². The summed E-state index contributed by atoms with van der Waals surface area (Å²) in [6, 6.07) is 12.2. The molecule has 27 heavy (non-hydrogen) atoms. The molecule has 4 nitrogen and oxygen atoms in total. The largest absolute Gasteiger partial charge is 0.462 e. The van der Waals surface area contributed by atoms with E-state index in [1.807, 2.05) is 18.2 Å². The van der Waals surface area contributed by atoms with E-state index >= 15 is 0 Å². The van der Waals surface area contributed by atoms with Gasteiger partial charge in [-0.25, -0.2) is 9.18 Å². The summed E-state index contributed by atoms with van der Waals surface area (Å²) in [5, 5.41) is 12.3. The van der Waals surface area contributed by atoms with Crippen molar-refractivity contribution in [2.45, 2.75) is 12.7 Å². The zero-order chi connectivity index (χ0) is 19.4. The van der Waals surface area contributed by atoms with E-state index in [4.69, 9.17) is 9.47 Å². The number of carbonyl (C=O) groups is 1. The Hall–Kier alpha value is -3.18. The first-order valence-electron chi connectivity index (χ1n) is 8.43. The molecule has 138 valence electrons. The smallest absolute Gasteiger partial charge is 0.330 e. The molecule has 1 atom stereocenters. The number of fused-ring (bicyclic) bond motifs is 3. The third-order valence-electron chi connectivity index (χ3n) is 4.20. The normalized spacial score (nSPS) is 11.9. The number of ether oxygens (including phenoxy) is 2. The van der Waals surface area contributed by atoms with Gasteiger partial charge in [-0.3, -0.25) is 0 Å². The maximum atomic E-state index is 14.7. The maximum absolute atomic E-state index is 14.7. The van der Waals surface area contributed by atoms with E-state index in [2.05, 4.69) is 13.2 Å². The third-order valence-corrected chi connectivity index (χ3v) is 4.20. The van der Waals surface area contributed by atoms with Gasteiger partial charge in [-0.1, -0.05) is 31.4 Å². The fourth-order valence-electron chi connectivity index (χ4n) is 2.89. The molecular formula is C22H19FO4. The highest BCUT2D eigenvalue weighted by atomic mass is 19.1. The van der Waals surface area contributed by atoms with Crippen molar-refractivity contribution in [3.8, 4) is 5.75 Å². The van der Waals surface area contributed by atoms with Gasteiger partial charge in [0, 0.05) is 17.9 Å². The summed E-state index contributed by atoms with van der Waals surface area (Å²) in [5.41, 5.74) is 0.867. The van der Waals surface area contributed by atoms with E-state index < -0.39 is 12.3 Å². The van der Waals surface area contributed by atoms with E-state index in [0.717, 1.165) is 22.4 Å². The minimum absolute atomic E-state index is 0.206. The second-order valence-corrected chi connectivity index (χ2v) is 5.99. The highest BCUT2D eigenvalue weighted by Crippen LogP contribution is 2.31. The van der Waals surface area contributed by atoms with Crippen molar-refractivity contribution >= 4 is 27.5 Å². The summed E-state index contributed by atoms with van der Waals surface area (Å²) in [6.07, 6.45) is 1.74. The Bertz CT molecular complexity index is 1030. The molecule has 0 heterocycles. The molecule has 0 amide bonds. The maximum Gasteiger partial charge on any atom is 0.330 e. The van der Waals surface area contributed by atoms with Gasteiger partial charge in [0.05, 0.1) is 6.61 Å². The number of halogens is 1. The van der Waals surface area contributed by atoms with Crippen LogP contribution < -0.4 is 4.74 Å². The fourth-order valence-corrected chi connectivity index (χ4v) is 2.89. The lowest BCUT2D eigenvalue weighted by molar-refractivity contribution is -0.137. The van der Waals surface area contributed by atoms with Crippen LogP contribution in [-0.2, 0) is 16.0 Å². The molecule has 0 aliphatic rings. The minimum atomic E-state index is -1.12. The molecule has 0 radical (unpaired) electrons. The predicted octanol–water partition coefficient (Wildman–Crippen LogP) is 4.29. The Morgan fingerprint density at radius 3 is 2.63 bits per heavy atom. The number of esters is 1. The fraction of sp³-hybridized carbons (Fsp3) is 0.136. The van der Waals surface area contributed by atoms with E-state index in [1.54, 1.807) is 18.2 Å². The zero-order valence-electron chi connectivity index (χ0n) is 14.7. The van der Waals surface area contributed by atoms with Crippen LogP contribution in [0.25, 0.3) is 21.5 Å². The lowest BCUT2D eigenvalue weighted by atomic mass is 9.98. The van der Waals surface area contributed by atoms with Crippen LogP contribution in [0.15, 0.2) is 67.8 Å². The second-order valence-electron chi connectivity index (χ2n) is 5.99. The van der Waals surface area contributed by atoms with Crippen molar-refractivity contribution in [2.24, 2.45) is 0 Å². The topological polar surface area (TPSA) is 55.8 Å². The highest BCUT2D eigenvalue weighted by Gasteiger charge is 2.10. The number of rotatable bonds is 7. The van der Waals surface area contributed by atoms with Crippen molar-refractivity contribution in [3.63, 3.8) is 0 Å². The Morgan fingerprint density at radius 2 is 1.89 bits per heavy atom. The first-order valence-corrected chi connectivity index (χ1v) is 8.43. The summed E-state index contributed by atoms with van der Waals surface area (Å²) >= 11 is 0. The van der Waals surface area contributed by atoms with Gasteiger partial charge < -0.3 is 14.6 Å². The van der Waals surface area contributed by atoms with Gasteiger partial charge in [0.1, 0.15) is 11.6 Å². The van der Waals surface area contributed by atoms with Gasteiger partial charge in [0.2, 0.25) is 6.29 Å². The average Bonchev–Trinajstić information content (AvgIpc) is 2.67. The van der Waals surface area contributed by atoms with E-state index in [1.165, 1.54) is 12.1 Å². The van der Waals surface area contributed by atoms with Gasteiger partial charge in [-0.05, 0) is 52.1 Å². The summed E-state index contributed by atoms with van der Waals surface area (Å²) in [6.45, 7) is 7.00. The third kappa shape index (κ3) is 4.15. The average molecular weight is 366 g/mol. The Morgan fingerprint density at radius 1 is 1.11 bits per heavy atom. The molecule has 3 aromatic rings. The van der Waals surface area contributed by atoms with Crippen molar-refractivity contribution < 1.29 is 23.8 Å². The number of benzene rings is 3. The van der Waals surface area contributed by atoms with Crippen LogP contribution >= 0.6 is 0 Å². The van der Waals surface area contributed by atoms with E-state index in [-0.39, 0.29) is 12.4 Å². The molecule has 1 unspecified atom stereocenters. The second kappa shape index (κ2) is 8.01. The van der Waals surface area contributed by atoms with Crippen molar-refractivity contribution in [3.05, 3.63) is 79.2 Å². The predicted molar refractivity (Wildman–Crippen MR) is 103 cm³/mol. The van der Waals surface area contributed by atoms with Crippen LogP contribution in [0.4, 0.5) is 4.39 Å². The molecule has 0 aliphatic carbocycles. The lowest BCUT2D eigenvalue weighted by Gasteiger charge is -2.12.